The van der Waals surface area contributed by atoms with Crippen molar-refractivity contribution in [3.63, 3.8) is 0 Å². The molecule has 4 rings (SSSR count). The molecule has 0 radical (unpaired) electrons. The lowest BCUT2D eigenvalue weighted by Gasteiger charge is -2.38. The van der Waals surface area contributed by atoms with E-state index in [4.69, 9.17) is 5.73 Å². The fourth-order valence-electron chi connectivity index (χ4n) is 4.13. The first-order valence-corrected chi connectivity index (χ1v) is 9.20. The molecule has 2 fully saturated rings. The topological polar surface area (TPSA) is 32.5 Å². The fraction of sp³-hybridized carbons (Fsp3) is 0.429. The molecule has 2 aromatic carbocycles. The van der Waals surface area contributed by atoms with Crippen LogP contribution in [-0.4, -0.2) is 43.2 Å². The third kappa shape index (κ3) is 3.33. The van der Waals surface area contributed by atoms with Crippen molar-refractivity contribution in [3.05, 3.63) is 54.6 Å². The van der Waals surface area contributed by atoms with Crippen LogP contribution in [0.5, 0.6) is 0 Å². The minimum absolute atomic E-state index is 0.397. The zero-order chi connectivity index (χ0) is 16.4. The summed E-state index contributed by atoms with van der Waals surface area (Å²) in [6.07, 6.45) is 3.68. The van der Waals surface area contributed by atoms with Gasteiger partial charge in [-0.15, -0.1) is 0 Å². The van der Waals surface area contributed by atoms with E-state index in [0.29, 0.717) is 6.04 Å². The maximum Gasteiger partial charge on any atom is 0.0366 e. The number of nitrogens with two attached hydrogens (primary N) is 1. The fourth-order valence-corrected chi connectivity index (χ4v) is 4.13. The van der Waals surface area contributed by atoms with Gasteiger partial charge in [-0.3, -0.25) is 4.90 Å². The number of anilines is 1. The van der Waals surface area contributed by atoms with E-state index in [9.17, 15) is 0 Å². The van der Waals surface area contributed by atoms with Gasteiger partial charge in [0.2, 0.25) is 0 Å². The van der Waals surface area contributed by atoms with Crippen LogP contribution < -0.4 is 10.6 Å². The summed E-state index contributed by atoms with van der Waals surface area (Å²) in [4.78, 5) is 5.14. The summed E-state index contributed by atoms with van der Waals surface area (Å²) in [5.74, 6) is 0. The molecule has 0 amide bonds. The molecular formula is C21H27N3. The van der Waals surface area contributed by atoms with Crippen LogP contribution in [0.3, 0.4) is 0 Å². The smallest absolute Gasteiger partial charge is 0.0366 e. The molecule has 3 heteroatoms. The van der Waals surface area contributed by atoms with Gasteiger partial charge in [-0.1, -0.05) is 42.5 Å². The summed E-state index contributed by atoms with van der Waals surface area (Å²) < 4.78 is 0. The average Bonchev–Trinajstić information content (AvgIpc) is 3.09. The van der Waals surface area contributed by atoms with E-state index in [1.807, 2.05) is 0 Å². The van der Waals surface area contributed by atoms with E-state index in [-0.39, 0.29) is 0 Å². The SMILES string of the molecule is N[C@@H]1CCN(C2CCN(c3ccc(-c4ccccc4)cc3)CC2)C1. The highest BCUT2D eigenvalue weighted by Gasteiger charge is 2.29. The molecule has 2 saturated heterocycles. The van der Waals surface area contributed by atoms with Crippen LogP contribution in [-0.2, 0) is 0 Å². The molecule has 0 bridgehead atoms. The van der Waals surface area contributed by atoms with Crippen molar-refractivity contribution in [1.29, 1.82) is 0 Å². The largest absolute Gasteiger partial charge is 0.371 e. The van der Waals surface area contributed by atoms with Crippen molar-refractivity contribution in [2.45, 2.75) is 31.3 Å². The lowest BCUT2D eigenvalue weighted by atomic mass is 10.0. The second kappa shape index (κ2) is 6.96. The van der Waals surface area contributed by atoms with Gasteiger partial charge in [0.05, 0.1) is 0 Å². The highest BCUT2D eigenvalue weighted by molar-refractivity contribution is 5.66. The first-order valence-electron chi connectivity index (χ1n) is 9.20. The normalized spacial score (nSPS) is 22.9. The number of rotatable bonds is 3. The average molecular weight is 321 g/mol. The summed E-state index contributed by atoms with van der Waals surface area (Å²) in [6.45, 7) is 4.59. The molecule has 126 valence electrons. The van der Waals surface area contributed by atoms with E-state index in [1.165, 1.54) is 42.6 Å². The molecule has 3 nitrogen and oxygen atoms in total. The maximum atomic E-state index is 6.06. The van der Waals surface area contributed by atoms with Crippen molar-refractivity contribution >= 4 is 5.69 Å². The second-order valence-electron chi connectivity index (χ2n) is 7.17. The molecule has 2 N–H and O–H groups in total. The van der Waals surface area contributed by atoms with Gasteiger partial charge in [-0.2, -0.15) is 0 Å². The van der Waals surface area contributed by atoms with Crippen LogP contribution in [0.4, 0.5) is 5.69 Å². The Morgan fingerprint density at radius 3 is 2.04 bits per heavy atom. The van der Waals surface area contributed by atoms with Gasteiger partial charge in [0.15, 0.2) is 0 Å². The maximum absolute atomic E-state index is 6.06. The number of piperidine rings is 1. The molecular weight excluding hydrogens is 294 g/mol. The predicted molar refractivity (Wildman–Crippen MR) is 101 cm³/mol. The first-order chi connectivity index (χ1) is 11.8. The van der Waals surface area contributed by atoms with Gasteiger partial charge in [-0.05, 0) is 42.5 Å². The number of likely N-dealkylation sites (tertiary alicyclic amines) is 1. The minimum atomic E-state index is 0.397. The molecule has 0 saturated carbocycles. The Balaban J connectivity index is 1.37. The summed E-state index contributed by atoms with van der Waals surface area (Å²) in [5.41, 5.74) is 9.99. The summed E-state index contributed by atoms with van der Waals surface area (Å²) in [6, 6.07) is 20.8. The molecule has 0 aromatic heterocycles. The van der Waals surface area contributed by atoms with Gasteiger partial charge < -0.3 is 10.6 Å². The highest BCUT2D eigenvalue weighted by Crippen LogP contribution is 2.27. The second-order valence-corrected chi connectivity index (χ2v) is 7.17. The number of hydrogen-bond acceptors (Lipinski definition) is 3. The van der Waals surface area contributed by atoms with Crippen LogP contribution in [0.25, 0.3) is 11.1 Å². The van der Waals surface area contributed by atoms with Crippen molar-refractivity contribution in [1.82, 2.24) is 4.90 Å². The molecule has 2 aromatic rings. The standard InChI is InChI=1S/C21H27N3/c22-19-10-13-24(16-19)21-11-14-23(15-12-21)20-8-6-18(7-9-20)17-4-2-1-3-5-17/h1-9,19,21H,10-16,22H2/t19-/m1/s1. The van der Waals surface area contributed by atoms with Crippen molar-refractivity contribution in [3.8, 4) is 11.1 Å². The van der Waals surface area contributed by atoms with Gasteiger partial charge in [0, 0.05) is 44.0 Å². The van der Waals surface area contributed by atoms with E-state index in [0.717, 1.165) is 25.7 Å². The van der Waals surface area contributed by atoms with Gasteiger partial charge >= 0.3 is 0 Å². The quantitative estimate of drug-likeness (QED) is 0.941. The minimum Gasteiger partial charge on any atom is -0.371 e. The Morgan fingerprint density at radius 2 is 1.42 bits per heavy atom. The van der Waals surface area contributed by atoms with Crippen molar-refractivity contribution in [2.75, 3.05) is 31.1 Å². The lowest BCUT2D eigenvalue weighted by molar-refractivity contribution is 0.205. The van der Waals surface area contributed by atoms with Gasteiger partial charge in [0.1, 0.15) is 0 Å². The molecule has 24 heavy (non-hydrogen) atoms. The first kappa shape index (κ1) is 15.7. The molecule has 2 aliphatic rings. The van der Waals surface area contributed by atoms with E-state index in [2.05, 4.69) is 64.4 Å². The van der Waals surface area contributed by atoms with Gasteiger partial charge in [0.25, 0.3) is 0 Å². The third-order valence-corrected chi connectivity index (χ3v) is 5.58. The van der Waals surface area contributed by atoms with Crippen LogP contribution in [0.2, 0.25) is 0 Å². The van der Waals surface area contributed by atoms with E-state index >= 15 is 0 Å². The molecule has 0 aliphatic carbocycles. The Kier molecular flexibility index (Phi) is 4.54. The van der Waals surface area contributed by atoms with Crippen LogP contribution >= 0.6 is 0 Å². The zero-order valence-corrected chi connectivity index (χ0v) is 14.3. The lowest BCUT2D eigenvalue weighted by Crippen LogP contribution is -2.44. The van der Waals surface area contributed by atoms with Crippen molar-refractivity contribution < 1.29 is 0 Å². The summed E-state index contributed by atoms with van der Waals surface area (Å²) in [5, 5.41) is 0. The Bertz CT molecular complexity index is 645. The van der Waals surface area contributed by atoms with Crippen LogP contribution in [0.15, 0.2) is 54.6 Å². The van der Waals surface area contributed by atoms with Gasteiger partial charge in [-0.25, -0.2) is 0 Å². The Hall–Kier alpha value is -1.84. The molecule has 2 heterocycles. The summed E-state index contributed by atoms with van der Waals surface area (Å²) in [7, 11) is 0. The number of hydrogen-bond donors (Lipinski definition) is 1. The van der Waals surface area contributed by atoms with Crippen LogP contribution in [0, 0.1) is 0 Å². The van der Waals surface area contributed by atoms with Crippen LogP contribution in [0.1, 0.15) is 19.3 Å². The van der Waals surface area contributed by atoms with E-state index < -0.39 is 0 Å². The van der Waals surface area contributed by atoms with Crippen molar-refractivity contribution in [2.24, 2.45) is 5.73 Å². The Labute approximate surface area is 145 Å². The van der Waals surface area contributed by atoms with E-state index in [1.54, 1.807) is 0 Å². The third-order valence-electron chi connectivity index (χ3n) is 5.58. The Morgan fingerprint density at radius 1 is 0.750 bits per heavy atom. The predicted octanol–water partition coefficient (Wildman–Crippen LogP) is 3.36. The summed E-state index contributed by atoms with van der Waals surface area (Å²) >= 11 is 0. The molecule has 0 unspecified atom stereocenters. The zero-order valence-electron chi connectivity index (χ0n) is 14.3. The molecule has 0 spiro atoms. The number of nitrogens with zero attached hydrogens (tertiary/aromatic N) is 2. The number of benzene rings is 2. The molecule has 1 atom stereocenters. The monoisotopic (exact) mass is 321 g/mol. The highest BCUT2D eigenvalue weighted by atomic mass is 15.2. The molecule has 2 aliphatic heterocycles.